The van der Waals surface area contributed by atoms with E-state index in [4.69, 9.17) is 11.6 Å². The minimum Gasteiger partial charge on any atom is -0.390 e. The van der Waals surface area contributed by atoms with E-state index in [9.17, 15) is 9.90 Å². The van der Waals surface area contributed by atoms with E-state index in [1.165, 1.54) is 0 Å². The summed E-state index contributed by atoms with van der Waals surface area (Å²) in [5.74, 6) is 0.400. The van der Waals surface area contributed by atoms with Crippen LogP contribution in [0.1, 0.15) is 41.4 Å². The van der Waals surface area contributed by atoms with Gasteiger partial charge in [0.2, 0.25) is 5.65 Å². The highest BCUT2D eigenvalue weighted by Crippen LogP contribution is 2.24. The van der Waals surface area contributed by atoms with Gasteiger partial charge in [0.05, 0.1) is 24.5 Å². The number of rotatable bonds is 8. The Morgan fingerprint density at radius 2 is 2.08 bits per heavy atom. The fraction of sp³-hybridized carbons (Fsp3) is 0.308. The van der Waals surface area contributed by atoms with E-state index in [1.54, 1.807) is 18.3 Å². The first kappa shape index (κ1) is 24.2. The van der Waals surface area contributed by atoms with Crippen LogP contribution in [0.5, 0.6) is 0 Å². The summed E-state index contributed by atoms with van der Waals surface area (Å²) in [6, 6.07) is 12.9. The van der Waals surface area contributed by atoms with Gasteiger partial charge in [0, 0.05) is 42.5 Å². The number of nitrogens with one attached hydrogen (secondary N) is 2. The molecule has 3 heterocycles. The number of amides is 1. The van der Waals surface area contributed by atoms with Crippen LogP contribution in [0.15, 0.2) is 54.9 Å². The van der Waals surface area contributed by atoms with Crippen LogP contribution in [0.25, 0.3) is 11.2 Å². The first-order valence-corrected chi connectivity index (χ1v) is 12.3. The Morgan fingerprint density at radius 3 is 2.83 bits per heavy atom. The average molecular weight is 506 g/mol. The lowest BCUT2D eigenvalue weighted by Crippen LogP contribution is -2.49. The van der Waals surface area contributed by atoms with E-state index in [-0.39, 0.29) is 18.1 Å². The smallest absolute Gasteiger partial charge is 0.255 e. The molecule has 9 nitrogen and oxygen atoms in total. The lowest BCUT2D eigenvalue weighted by molar-refractivity contribution is -0.00285. The van der Waals surface area contributed by atoms with Crippen molar-refractivity contribution in [3.63, 3.8) is 0 Å². The number of halogens is 1. The first-order valence-electron chi connectivity index (χ1n) is 11.9. The number of likely N-dealkylation sites (tertiary alicyclic amines) is 1. The maximum atomic E-state index is 12.9. The van der Waals surface area contributed by atoms with Crippen LogP contribution in [-0.4, -0.2) is 54.9 Å². The Labute approximate surface area is 214 Å². The molecule has 0 radical (unpaired) electrons. The van der Waals surface area contributed by atoms with Gasteiger partial charge in [0.25, 0.3) is 5.91 Å². The predicted octanol–water partition coefficient (Wildman–Crippen LogP) is 4.10. The molecule has 1 aliphatic rings. The van der Waals surface area contributed by atoms with Crippen molar-refractivity contribution in [2.24, 2.45) is 0 Å². The summed E-state index contributed by atoms with van der Waals surface area (Å²) in [4.78, 5) is 24.0. The maximum Gasteiger partial charge on any atom is 0.255 e. The van der Waals surface area contributed by atoms with Crippen molar-refractivity contribution in [2.75, 3.05) is 23.7 Å². The van der Waals surface area contributed by atoms with Crippen LogP contribution in [0.4, 0.5) is 11.5 Å². The number of benzene rings is 2. The van der Waals surface area contributed by atoms with Crippen molar-refractivity contribution in [1.82, 2.24) is 24.6 Å². The third-order valence-electron chi connectivity index (χ3n) is 6.26. The van der Waals surface area contributed by atoms with E-state index >= 15 is 0 Å². The van der Waals surface area contributed by atoms with Crippen LogP contribution in [-0.2, 0) is 13.1 Å². The fourth-order valence-corrected chi connectivity index (χ4v) is 4.44. The molecule has 36 heavy (non-hydrogen) atoms. The zero-order valence-corrected chi connectivity index (χ0v) is 20.9. The van der Waals surface area contributed by atoms with Gasteiger partial charge in [-0.25, -0.2) is 9.97 Å². The number of aryl methyl sites for hydroxylation is 1. The van der Waals surface area contributed by atoms with E-state index in [2.05, 4.69) is 30.6 Å². The van der Waals surface area contributed by atoms with Crippen LogP contribution in [0.3, 0.4) is 0 Å². The van der Waals surface area contributed by atoms with Gasteiger partial charge in [0.1, 0.15) is 11.3 Å². The Kier molecular flexibility index (Phi) is 6.86. The molecular weight excluding hydrogens is 478 g/mol. The second-order valence-corrected chi connectivity index (χ2v) is 9.46. The molecule has 0 spiro atoms. The number of hydrogen-bond donors (Lipinski definition) is 3. The minimum absolute atomic E-state index is 0.0735. The van der Waals surface area contributed by atoms with Gasteiger partial charge in [-0.15, -0.1) is 0 Å². The molecule has 0 saturated carbocycles. The molecule has 4 aromatic rings. The number of β-amino-alcohol motifs (C(OH)–C–C–N with tert-alkyl or cyclic N) is 1. The monoisotopic (exact) mass is 505 g/mol. The first-order chi connectivity index (χ1) is 17.4. The summed E-state index contributed by atoms with van der Waals surface area (Å²) < 4.78 is 1.81. The Hall–Kier alpha value is -3.53. The van der Waals surface area contributed by atoms with Crippen molar-refractivity contribution >= 4 is 40.2 Å². The number of hydrogen-bond acceptors (Lipinski definition) is 7. The Balaban J connectivity index is 1.24. The molecule has 1 aliphatic heterocycles. The molecule has 0 bridgehead atoms. The van der Waals surface area contributed by atoms with Crippen molar-refractivity contribution in [2.45, 2.75) is 39.1 Å². The molecule has 1 fully saturated rings. The normalized spacial score (nSPS) is 15.0. The third-order valence-corrected chi connectivity index (χ3v) is 6.61. The van der Waals surface area contributed by atoms with Crippen LogP contribution >= 0.6 is 11.6 Å². The van der Waals surface area contributed by atoms with Crippen LogP contribution in [0, 0.1) is 0 Å². The van der Waals surface area contributed by atoms with Crippen molar-refractivity contribution in [3.8, 4) is 0 Å². The summed E-state index contributed by atoms with van der Waals surface area (Å²) in [6.07, 6.45) is 3.31. The molecule has 5 rings (SSSR count). The van der Waals surface area contributed by atoms with E-state index in [1.807, 2.05) is 55.1 Å². The van der Waals surface area contributed by atoms with Crippen molar-refractivity contribution in [3.05, 3.63) is 76.6 Å². The number of nitrogens with zero attached hydrogens (tertiary/aromatic N) is 5. The average Bonchev–Trinajstić information content (AvgIpc) is 3.27. The molecule has 0 aliphatic carbocycles. The molecule has 1 saturated heterocycles. The predicted molar refractivity (Wildman–Crippen MR) is 140 cm³/mol. The van der Waals surface area contributed by atoms with Gasteiger partial charge < -0.3 is 15.7 Å². The molecular formula is C26H28ClN7O2. The number of carbonyl (C=O) groups excluding carboxylic acids is 1. The Morgan fingerprint density at radius 1 is 1.25 bits per heavy atom. The zero-order chi connectivity index (χ0) is 25.2. The van der Waals surface area contributed by atoms with Gasteiger partial charge in [0.15, 0.2) is 0 Å². The topological polar surface area (TPSA) is 108 Å². The number of aliphatic hydroxyl groups excluding tert-OH is 1. The van der Waals surface area contributed by atoms with Gasteiger partial charge in [-0.05, 0) is 49.2 Å². The molecule has 3 N–H and O–H groups in total. The molecule has 1 amide bonds. The number of aromatic nitrogens is 4. The van der Waals surface area contributed by atoms with Crippen molar-refractivity contribution in [1.29, 1.82) is 0 Å². The van der Waals surface area contributed by atoms with E-state index < -0.39 is 0 Å². The number of aliphatic hydroxyl groups is 1. The largest absolute Gasteiger partial charge is 0.390 e. The summed E-state index contributed by atoms with van der Waals surface area (Å²) in [5, 5.41) is 20.7. The van der Waals surface area contributed by atoms with Gasteiger partial charge >= 0.3 is 0 Å². The summed E-state index contributed by atoms with van der Waals surface area (Å²) >= 11 is 6.43. The summed E-state index contributed by atoms with van der Waals surface area (Å²) in [5.41, 5.74) is 4.45. The quantitative estimate of drug-likeness (QED) is 0.331. The third kappa shape index (κ3) is 5.33. The molecule has 10 heteroatoms. The lowest BCUT2D eigenvalue weighted by Gasteiger charge is -2.36. The number of fused-ring (bicyclic) bond motifs is 1. The number of carbonyl (C=O) groups is 1. The standard InChI is InChI=1S/C26H28ClN7O2/c1-3-34-15-23-25(32-34)31-24(11-28-23)29-16(2)17-5-4-6-20(9-17)30-26(36)18-7-8-19(22(27)10-18)12-33-13-21(35)14-33/h4-11,15-16,21,35H,3,12-14H2,1-2H3,(H,30,36)(H,29,31,32)/t16-/m0/s1. The number of anilines is 2. The highest BCUT2D eigenvalue weighted by atomic mass is 35.5. The second kappa shape index (κ2) is 10.2. The highest BCUT2D eigenvalue weighted by molar-refractivity contribution is 6.31. The lowest BCUT2D eigenvalue weighted by atomic mass is 10.1. The van der Waals surface area contributed by atoms with Gasteiger partial charge in [-0.3, -0.25) is 14.4 Å². The molecule has 1 atom stereocenters. The fourth-order valence-electron chi connectivity index (χ4n) is 4.20. The molecule has 186 valence electrons. The van der Waals surface area contributed by atoms with Crippen molar-refractivity contribution < 1.29 is 9.90 Å². The molecule has 2 aromatic heterocycles. The molecule has 0 unspecified atom stereocenters. The Bertz CT molecular complexity index is 1400. The second-order valence-electron chi connectivity index (χ2n) is 9.05. The van der Waals surface area contributed by atoms with E-state index in [0.717, 1.165) is 23.2 Å². The summed E-state index contributed by atoms with van der Waals surface area (Å²) in [6.45, 7) is 6.74. The zero-order valence-electron chi connectivity index (χ0n) is 20.1. The highest BCUT2D eigenvalue weighted by Gasteiger charge is 2.24. The van der Waals surface area contributed by atoms with Gasteiger partial charge in [-0.2, -0.15) is 5.10 Å². The van der Waals surface area contributed by atoms with Crippen LogP contribution < -0.4 is 10.6 Å². The van der Waals surface area contributed by atoms with Gasteiger partial charge in [-0.1, -0.05) is 29.8 Å². The molecule has 2 aromatic carbocycles. The summed E-state index contributed by atoms with van der Waals surface area (Å²) in [7, 11) is 0. The minimum atomic E-state index is -0.259. The maximum absolute atomic E-state index is 12.9. The van der Waals surface area contributed by atoms with E-state index in [0.29, 0.717) is 47.4 Å². The SMILES string of the molecule is CCn1cc2ncc(N[C@@H](C)c3cccc(NC(=O)c4ccc(CN5CC(O)C5)c(Cl)c4)c3)nc2n1. The van der Waals surface area contributed by atoms with Crippen LogP contribution in [0.2, 0.25) is 5.02 Å².